The summed E-state index contributed by atoms with van der Waals surface area (Å²) < 4.78 is 50.4. The van der Waals surface area contributed by atoms with E-state index in [1.165, 1.54) is 0 Å². The summed E-state index contributed by atoms with van der Waals surface area (Å²) in [5.74, 6) is 0.303. The Morgan fingerprint density at radius 1 is 1.00 bits per heavy atom. The summed E-state index contributed by atoms with van der Waals surface area (Å²) in [5, 5.41) is 0.526. The molecule has 17 heteroatoms. The number of fused-ring (bicyclic) bond motifs is 3. The van der Waals surface area contributed by atoms with Crippen LogP contribution in [-0.2, 0) is 56.9 Å². The number of amides is 2. The van der Waals surface area contributed by atoms with Crippen molar-refractivity contribution in [2.75, 3.05) is 91.8 Å². The van der Waals surface area contributed by atoms with Crippen molar-refractivity contribution in [3.05, 3.63) is 53.1 Å². The van der Waals surface area contributed by atoms with E-state index in [-0.39, 0.29) is 64.2 Å². The maximum absolute atomic E-state index is 14.3. The number of anilines is 1. The molecule has 0 aliphatic carbocycles. The van der Waals surface area contributed by atoms with E-state index in [0.717, 1.165) is 15.7 Å². The van der Waals surface area contributed by atoms with Gasteiger partial charge in [-0.25, -0.2) is 13.4 Å². The number of aromatic nitrogens is 3. The first-order valence-corrected chi connectivity index (χ1v) is 22.9. The van der Waals surface area contributed by atoms with Gasteiger partial charge in [-0.3, -0.25) is 14.6 Å². The summed E-state index contributed by atoms with van der Waals surface area (Å²) in [6.07, 6.45) is 4.70. The van der Waals surface area contributed by atoms with Gasteiger partial charge in [0.15, 0.2) is 9.84 Å². The number of carbonyl (C=O) groups excluding carboxylic acids is 2. The maximum atomic E-state index is 14.3. The number of benzene rings is 1. The second-order valence-corrected chi connectivity index (χ2v) is 17.3. The van der Waals surface area contributed by atoms with Crippen LogP contribution in [0, 0.1) is 0 Å². The number of carbonyl (C=O) groups is 2. The number of hydrogen-bond donors (Lipinski definition) is 1. The molecule has 1 fully saturated rings. The summed E-state index contributed by atoms with van der Waals surface area (Å²) in [6, 6.07) is 7.29. The number of ether oxygens (including phenoxy) is 4. The molecule has 0 bridgehead atoms. The van der Waals surface area contributed by atoms with E-state index >= 15 is 0 Å². The first kappa shape index (κ1) is 39.8. The molecular formula is C34H47ClIN6O8S-. The number of piperidine rings is 1. The van der Waals surface area contributed by atoms with Crippen LogP contribution in [0.25, 0.3) is 11.0 Å². The summed E-state index contributed by atoms with van der Waals surface area (Å²) in [5.41, 5.74) is 7.89. The molecule has 1 aromatic carbocycles. The van der Waals surface area contributed by atoms with Gasteiger partial charge in [0, 0.05) is 30.9 Å². The van der Waals surface area contributed by atoms with Crippen molar-refractivity contribution in [1.29, 1.82) is 0 Å². The first-order valence-electron chi connectivity index (χ1n) is 17.0. The van der Waals surface area contributed by atoms with Crippen molar-refractivity contribution in [3.63, 3.8) is 0 Å². The topological polar surface area (TPSA) is 168 Å². The molecule has 1 spiro atoms. The zero-order chi connectivity index (χ0) is 36.3. The number of imidazole rings is 1. The van der Waals surface area contributed by atoms with Crippen LogP contribution in [0.1, 0.15) is 30.7 Å². The summed E-state index contributed by atoms with van der Waals surface area (Å²) in [4.78, 5) is 41.3. The summed E-state index contributed by atoms with van der Waals surface area (Å²) in [6.45, 7) is 4.13. The minimum Gasteiger partial charge on any atom is -0.342 e. The van der Waals surface area contributed by atoms with Crippen molar-refractivity contribution in [3.8, 4) is 0 Å². The summed E-state index contributed by atoms with van der Waals surface area (Å²) in [7, 11) is -3.38. The van der Waals surface area contributed by atoms with Crippen LogP contribution >= 0.6 is 11.6 Å². The molecular weight excluding hydrogens is 815 g/mol. The van der Waals surface area contributed by atoms with Gasteiger partial charge in [0.2, 0.25) is 11.8 Å². The van der Waals surface area contributed by atoms with E-state index in [2.05, 4.69) is 9.91 Å². The molecule has 4 heterocycles. The first-order chi connectivity index (χ1) is 24.7. The molecule has 282 valence electrons. The second-order valence-electron chi connectivity index (χ2n) is 12.4. The molecule has 0 radical (unpaired) electrons. The van der Waals surface area contributed by atoms with E-state index in [1.807, 2.05) is 16.7 Å². The Morgan fingerprint density at radius 3 is 2.37 bits per heavy atom. The molecule has 51 heavy (non-hydrogen) atoms. The van der Waals surface area contributed by atoms with Crippen molar-refractivity contribution in [2.24, 2.45) is 5.73 Å². The Hall–Kier alpha value is -2.45. The van der Waals surface area contributed by atoms with Gasteiger partial charge in [-0.15, -0.1) is 0 Å². The zero-order valence-electron chi connectivity index (χ0n) is 28.9. The van der Waals surface area contributed by atoms with Crippen LogP contribution in [0.5, 0.6) is 0 Å². The number of nitrogens with two attached hydrogens (primary N) is 1. The Morgan fingerprint density at radius 2 is 1.69 bits per heavy atom. The minimum absolute atomic E-state index is 0.0306. The molecule has 2 amide bonds. The van der Waals surface area contributed by atoms with E-state index in [1.54, 1.807) is 34.3 Å². The van der Waals surface area contributed by atoms with Gasteiger partial charge in [-0.05, 0) is 49.1 Å². The van der Waals surface area contributed by atoms with Crippen LogP contribution in [0.4, 0.5) is 5.69 Å². The molecule has 14 nitrogen and oxygen atoms in total. The zero-order valence-corrected chi connectivity index (χ0v) is 32.7. The van der Waals surface area contributed by atoms with Crippen LogP contribution in [0.3, 0.4) is 0 Å². The van der Waals surface area contributed by atoms with Crippen molar-refractivity contribution < 1.29 is 58.2 Å². The number of nitrogens with zero attached hydrogens (tertiary/aromatic N) is 5. The number of rotatable bonds is 21. The van der Waals surface area contributed by atoms with E-state index in [0.29, 0.717) is 101 Å². The smallest absolute Gasteiger partial charge is 0.342 e. The number of aryl methyl sites for hydroxylation is 1. The normalized spacial score (nSPS) is 15.8. The third-order valence-electron chi connectivity index (χ3n) is 9.17. The third kappa shape index (κ3) is 10.2. The van der Waals surface area contributed by atoms with Gasteiger partial charge in [-0.1, -0.05) is 11.6 Å². The van der Waals surface area contributed by atoms with E-state index < -0.39 is 15.3 Å². The fraction of sp³-hybridized carbons (Fsp3) is 0.588. The van der Waals surface area contributed by atoms with Crippen molar-refractivity contribution in [1.82, 2.24) is 19.4 Å². The van der Waals surface area contributed by atoms with Crippen LogP contribution < -0.4 is 31.8 Å². The molecule has 2 aromatic heterocycles. The van der Waals surface area contributed by atoms with Gasteiger partial charge in [0.05, 0.1) is 52.9 Å². The monoisotopic (exact) mass is 861 g/mol. The van der Waals surface area contributed by atoms with Crippen LogP contribution in [0.2, 0.25) is 5.02 Å². The minimum atomic E-state index is -3.38. The fourth-order valence-corrected chi connectivity index (χ4v) is 8.65. The summed E-state index contributed by atoms with van der Waals surface area (Å²) >= 11 is 6.45. The number of halogens is 2. The third-order valence-corrected chi connectivity index (χ3v) is 12.2. The number of hydrogen-bond acceptors (Lipinski definition) is 11. The predicted molar refractivity (Wildman–Crippen MR) is 189 cm³/mol. The number of likely N-dealkylation sites (tertiary alicyclic amines) is 1. The molecule has 2 aliphatic rings. The Kier molecular flexibility index (Phi) is 14.8. The predicted octanol–water partition coefficient (Wildman–Crippen LogP) is -1.00. The molecule has 0 saturated carbocycles. The molecule has 0 atom stereocenters. The van der Waals surface area contributed by atoms with Crippen LogP contribution in [-0.4, -0.2) is 127 Å². The van der Waals surface area contributed by atoms with E-state index in [9.17, 15) is 18.0 Å². The Balaban J connectivity index is 1.15. The average molecular weight is 862 g/mol. The Labute approximate surface area is 314 Å². The average Bonchev–Trinajstić information content (AvgIpc) is 3.57. The number of sulfone groups is 1. The molecule has 2 N–H and O–H groups in total. The molecule has 1 saturated heterocycles. The van der Waals surface area contributed by atoms with Gasteiger partial charge in [0.25, 0.3) is 0 Å². The van der Waals surface area contributed by atoms with Crippen molar-refractivity contribution in [2.45, 2.75) is 37.8 Å². The van der Waals surface area contributed by atoms with Gasteiger partial charge in [-0.2, -0.15) is 0 Å². The quantitative estimate of drug-likeness (QED) is 0.0793. The van der Waals surface area contributed by atoms with E-state index in [4.69, 9.17) is 41.3 Å². The number of alkyl halides is 2. The molecule has 0 unspecified atom stereocenters. The van der Waals surface area contributed by atoms with Crippen LogP contribution in [0.15, 0.2) is 36.7 Å². The molecule has 3 aromatic rings. The van der Waals surface area contributed by atoms with Gasteiger partial charge < -0.3 is 20.1 Å². The fourth-order valence-electron chi connectivity index (χ4n) is 6.58. The Bertz CT molecular complexity index is 1740. The SMILES string of the molecule is C[I-]COCCOCCOCCOCCS(=O)(=O)CCCn1c(CN2C(=O)C3(CCN(C(=O)CN)CC3)c3ccncc32)nc2cc(Cl)ccc21. The standard InChI is InChI=1S/C34H47ClIN6O8S/c1-36-25-50-17-16-48-13-12-47-14-15-49-18-20-51(45,46)19-2-9-41-29-4-3-26(35)21-28(29)39-31(41)24-42-30-23-38-8-5-27(30)34(33(42)44)6-10-40(11-7-34)32(43)22-37/h3-5,8,21,23H,2,6-7,9-20,22,24-25,37H2,1H3/q-1. The molecule has 2 aliphatic heterocycles. The van der Waals surface area contributed by atoms with Gasteiger partial charge >= 0.3 is 95.9 Å². The van der Waals surface area contributed by atoms with Crippen molar-refractivity contribution >= 4 is 50.0 Å². The molecule has 5 rings (SSSR count). The second kappa shape index (κ2) is 19.0. The number of pyridine rings is 1. The van der Waals surface area contributed by atoms with Gasteiger partial charge in [0.1, 0.15) is 5.82 Å².